The van der Waals surface area contributed by atoms with Crippen molar-refractivity contribution in [2.45, 2.75) is 13.3 Å². The lowest BCUT2D eigenvalue weighted by atomic mass is 10.1. The molecule has 0 atom stereocenters. The van der Waals surface area contributed by atoms with E-state index >= 15 is 0 Å². The zero-order valence-corrected chi connectivity index (χ0v) is 12.1. The first-order valence-corrected chi connectivity index (χ1v) is 6.64. The molecule has 2 aromatic rings. The second-order valence-electron chi connectivity index (χ2n) is 4.56. The van der Waals surface area contributed by atoms with E-state index in [-0.39, 0.29) is 12.2 Å². The predicted octanol–water partition coefficient (Wildman–Crippen LogP) is 2.32. The van der Waals surface area contributed by atoms with Crippen molar-refractivity contribution in [1.29, 1.82) is 0 Å². The van der Waals surface area contributed by atoms with E-state index in [2.05, 4.69) is 21.4 Å². The maximum atomic E-state index is 11.5. The third kappa shape index (κ3) is 3.96. The highest BCUT2D eigenvalue weighted by Crippen LogP contribution is 2.21. The van der Waals surface area contributed by atoms with E-state index in [4.69, 9.17) is 11.2 Å². The summed E-state index contributed by atoms with van der Waals surface area (Å²) in [6.07, 6.45) is 4.90. The van der Waals surface area contributed by atoms with E-state index < -0.39 is 6.09 Å². The highest BCUT2D eigenvalue weighted by Gasteiger charge is 2.06. The Morgan fingerprint density at radius 1 is 1.41 bits per heavy atom. The van der Waals surface area contributed by atoms with Crippen molar-refractivity contribution >= 4 is 11.8 Å². The molecule has 1 aromatic heterocycles. The van der Waals surface area contributed by atoms with Crippen molar-refractivity contribution in [3.05, 3.63) is 46.2 Å². The van der Waals surface area contributed by atoms with Crippen molar-refractivity contribution in [2.24, 2.45) is 0 Å². The fourth-order valence-electron chi connectivity index (χ4n) is 1.86. The molecule has 0 aliphatic carbocycles. The highest BCUT2D eigenvalue weighted by molar-refractivity contribution is 5.85. The number of carbonyl (C=O) groups excluding carboxylic acids is 1. The molecule has 1 heterocycles. The first-order valence-electron chi connectivity index (χ1n) is 6.64. The van der Waals surface area contributed by atoms with Crippen molar-refractivity contribution in [3.8, 4) is 23.6 Å². The number of nitrogens with one attached hydrogen (secondary N) is 2. The zero-order chi connectivity index (χ0) is 15.9. The number of hydrogen-bond donors (Lipinski definition) is 2. The Morgan fingerprint density at radius 3 is 2.77 bits per heavy atom. The molecule has 6 heteroatoms. The summed E-state index contributed by atoms with van der Waals surface area (Å²) in [5.41, 5.74) is 2.65. The molecule has 0 saturated heterocycles. The molecule has 1 amide bonds. The lowest BCUT2D eigenvalue weighted by Crippen LogP contribution is -2.14. The molecule has 0 aliphatic rings. The molecule has 0 saturated carbocycles. The van der Waals surface area contributed by atoms with Crippen molar-refractivity contribution < 1.29 is 9.53 Å². The van der Waals surface area contributed by atoms with Gasteiger partial charge in [0.05, 0.1) is 5.69 Å². The van der Waals surface area contributed by atoms with Crippen LogP contribution in [0.15, 0.2) is 35.1 Å². The highest BCUT2D eigenvalue weighted by atomic mass is 16.5. The number of aromatic amines is 1. The maximum absolute atomic E-state index is 11.5. The first kappa shape index (κ1) is 15.3. The Kier molecular flexibility index (Phi) is 4.94. The molecule has 2 rings (SSSR count). The van der Waals surface area contributed by atoms with Crippen LogP contribution in [-0.4, -0.2) is 22.9 Å². The van der Waals surface area contributed by atoms with Gasteiger partial charge >= 0.3 is 6.09 Å². The van der Waals surface area contributed by atoms with E-state index in [1.807, 2.05) is 6.92 Å². The smallest absolute Gasteiger partial charge is 0.411 e. The third-order valence-corrected chi connectivity index (χ3v) is 2.88. The number of carbonyl (C=O) groups is 1. The molecule has 0 spiro atoms. The second-order valence-corrected chi connectivity index (χ2v) is 4.56. The van der Waals surface area contributed by atoms with Gasteiger partial charge in [0.25, 0.3) is 5.56 Å². The summed E-state index contributed by atoms with van der Waals surface area (Å²) in [6, 6.07) is 8.53. The number of nitrogens with zero attached hydrogens (tertiary/aromatic N) is 1. The van der Waals surface area contributed by atoms with Crippen LogP contribution < -0.4 is 10.9 Å². The summed E-state index contributed by atoms with van der Waals surface area (Å²) < 4.78 is 4.89. The fourth-order valence-corrected chi connectivity index (χ4v) is 1.86. The van der Waals surface area contributed by atoms with Crippen LogP contribution in [-0.2, 0) is 4.74 Å². The maximum Gasteiger partial charge on any atom is 0.411 e. The minimum absolute atomic E-state index is 0.181. The Balaban J connectivity index is 2.06. The van der Waals surface area contributed by atoms with Crippen LogP contribution in [0, 0.1) is 19.3 Å². The number of H-pyrrole nitrogens is 1. The van der Waals surface area contributed by atoms with E-state index in [1.165, 1.54) is 6.07 Å². The largest absolute Gasteiger partial charge is 0.448 e. The predicted molar refractivity (Wildman–Crippen MR) is 83.5 cm³/mol. The normalized spacial score (nSPS) is 9.82. The summed E-state index contributed by atoms with van der Waals surface area (Å²) in [7, 11) is 0. The summed E-state index contributed by atoms with van der Waals surface area (Å²) >= 11 is 0. The molecular weight excluding hydrogens is 282 g/mol. The molecule has 0 aliphatic heterocycles. The standard InChI is InChI=1S/C16H15N3O3/c1-3-4-9-22-16(21)17-13-7-5-12(6-8-13)15-11(2)10-14(20)18-19-15/h1,5-8,10H,4,9H2,2H3,(H,17,21)(H,18,20). The molecule has 2 N–H and O–H groups in total. The topological polar surface area (TPSA) is 84.1 Å². The van der Waals surface area contributed by atoms with Gasteiger partial charge in [-0.15, -0.1) is 12.3 Å². The van der Waals surface area contributed by atoms with E-state index in [9.17, 15) is 9.59 Å². The monoisotopic (exact) mass is 297 g/mol. The fraction of sp³-hybridized carbons (Fsp3) is 0.188. The minimum Gasteiger partial charge on any atom is -0.448 e. The third-order valence-electron chi connectivity index (χ3n) is 2.88. The van der Waals surface area contributed by atoms with Crippen LogP contribution in [0.1, 0.15) is 12.0 Å². The average Bonchev–Trinajstić information content (AvgIpc) is 2.49. The molecule has 0 fully saturated rings. The van der Waals surface area contributed by atoms with Crippen LogP contribution in [0.2, 0.25) is 0 Å². The lowest BCUT2D eigenvalue weighted by Gasteiger charge is -2.07. The molecule has 6 nitrogen and oxygen atoms in total. The van der Waals surface area contributed by atoms with Crippen LogP contribution in [0.25, 0.3) is 11.3 Å². The zero-order valence-electron chi connectivity index (χ0n) is 12.1. The molecule has 0 bridgehead atoms. The molecule has 1 aromatic carbocycles. The summed E-state index contributed by atoms with van der Waals surface area (Å²) in [4.78, 5) is 22.6. The quantitative estimate of drug-likeness (QED) is 0.670. The molecule has 22 heavy (non-hydrogen) atoms. The van der Waals surface area contributed by atoms with Crippen molar-refractivity contribution in [1.82, 2.24) is 10.2 Å². The molecule has 0 unspecified atom stereocenters. The Bertz CT molecular complexity index is 757. The van der Waals surface area contributed by atoms with Gasteiger partial charge < -0.3 is 4.74 Å². The van der Waals surface area contributed by atoms with Gasteiger partial charge in [0.1, 0.15) is 6.61 Å². The summed E-state index contributed by atoms with van der Waals surface area (Å²) in [5.74, 6) is 2.38. The lowest BCUT2D eigenvalue weighted by molar-refractivity contribution is 0.164. The summed E-state index contributed by atoms with van der Waals surface area (Å²) in [5, 5.41) is 9.02. The van der Waals surface area contributed by atoms with Crippen LogP contribution in [0.4, 0.5) is 10.5 Å². The van der Waals surface area contributed by atoms with Gasteiger partial charge in [0.15, 0.2) is 0 Å². The van der Waals surface area contributed by atoms with Gasteiger partial charge in [-0.1, -0.05) is 12.1 Å². The van der Waals surface area contributed by atoms with Crippen LogP contribution >= 0.6 is 0 Å². The van der Waals surface area contributed by atoms with Crippen LogP contribution in [0.3, 0.4) is 0 Å². The number of hydrogen-bond acceptors (Lipinski definition) is 4. The number of aromatic nitrogens is 2. The molecule has 0 radical (unpaired) electrons. The van der Waals surface area contributed by atoms with Gasteiger partial charge in [-0.3, -0.25) is 10.1 Å². The Labute approximate surface area is 127 Å². The van der Waals surface area contributed by atoms with Crippen LogP contribution in [0.5, 0.6) is 0 Å². The average molecular weight is 297 g/mol. The van der Waals surface area contributed by atoms with Crippen molar-refractivity contribution in [2.75, 3.05) is 11.9 Å². The SMILES string of the molecule is C#CCCOC(=O)Nc1ccc(-c2n[nH]c(=O)cc2C)cc1. The summed E-state index contributed by atoms with van der Waals surface area (Å²) in [6.45, 7) is 1.99. The number of anilines is 1. The number of amides is 1. The molecule has 112 valence electrons. The number of aryl methyl sites for hydroxylation is 1. The Morgan fingerprint density at radius 2 is 2.14 bits per heavy atom. The van der Waals surface area contributed by atoms with E-state index in [0.717, 1.165) is 11.1 Å². The number of terminal acetylenes is 1. The van der Waals surface area contributed by atoms with Gasteiger partial charge in [0, 0.05) is 23.7 Å². The van der Waals surface area contributed by atoms with E-state index in [1.54, 1.807) is 24.3 Å². The van der Waals surface area contributed by atoms with Gasteiger partial charge in [0.2, 0.25) is 0 Å². The van der Waals surface area contributed by atoms with Crippen molar-refractivity contribution in [3.63, 3.8) is 0 Å². The Hall–Kier alpha value is -3.07. The molecular formula is C16H15N3O3. The second kappa shape index (κ2) is 7.09. The van der Waals surface area contributed by atoms with Gasteiger partial charge in [-0.25, -0.2) is 9.89 Å². The minimum atomic E-state index is -0.554. The number of benzene rings is 1. The van der Waals surface area contributed by atoms with Gasteiger partial charge in [-0.05, 0) is 24.6 Å². The van der Waals surface area contributed by atoms with Gasteiger partial charge in [-0.2, -0.15) is 5.10 Å². The number of rotatable bonds is 4. The number of ether oxygens (including phenoxy) is 1. The first-order chi connectivity index (χ1) is 10.6. The van der Waals surface area contributed by atoms with E-state index in [0.29, 0.717) is 17.8 Å².